The van der Waals surface area contributed by atoms with Gasteiger partial charge in [0.25, 0.3) is 0 Å². The number of benzene rings is 1. The number of halogens is 2. The maximum Gasteiger partial charge on any atom is 0.191 e. The molecular formula is C15H23ClIN3S. The molecule has 1 aromatic carbocycles. The summed E-state index contributed by atoms with van der Waals surface area (Å²) in [5, 5.41) is 0.762. The highest BCUT2D eigenvalue weighted by Crippen LogP contribution is 2.25. The van der Waals surface area contributed by atoms with Crippen molar-refractivity contribution in [1.29, 1.82) is 0 Å². The molecule has 0 bridgehead atoms. The minimum absolute atomic E-state index is 0. The predicted molar refractivity (Wildman–Crippen MR) is 105 cm³/mol. The van der Waals surface area contributed by atoms with Crippen LogP contribution in [0.1, 0.15) is 19.4 Å². The molecule has 2 rings (SSSR count). The zero-order valence-corrected chi connectivity index (χ0v) is 16.4. The quantitative estimate of drug-likeness (QED) is 0.444. The Balaban J connectivity index is 0.00000220. The highest BCUT2D eigenvalue weighted by molar-refractivity contribution is 14.0. The monoisotopic (exact) mass is 439 g/mol. The highest BCUT2D eigenvalue weighted by Gasteiger charge is 2.21. The van der Waals surface area contributed by atoms with Crippen LogP contribution in [0.3, 0.4) is 0 Å². The van der Waals surface area contributed by atoms with Gasteiger partial charge in [-0.25, -0.2) is 0 Å². The van der Waals surface area contributed by atoms with Gasteiger partial charge in [0.1, 0.15) is 0 Å². The third kappa shape index (κ3) is 5.53. The first-order chi connectivity index (χ1) is 9.49. The Morgan fingerprint density at radius 1 is 1.29 bits per heavy atom. The predicted octanol–water partition coefficient (Wildman–Crippen LogP) is 3.60. The zero-order chi connectivity index (χ0) is 14.6. The number of hydrogen-bond donors (Lipinski definition) is 1. The van der Waals surface area contributed by atoms with Gasteiger partial charge in [0.2, 0.25) is 0 Å². The number of nitrogens with zero attached hydrogens (tertiary/aromatic N) is 2. The summed E-state index contributed by atoms with van der Waals surface area (Å²) < 4.78 is 0. The summed E-state index contributed by atoms with van der Waals surface area (Å²) in [7, 11) is 0. The molecule has 0 spiro atoms. The van der Waals surface area contributed by atoms with E-state index < -0.39 is 0 Å². The summed E-state index contributed by atoms with van der Waals surface area (Å²) in [5.41, 5.74) is 7.29. The number of hydrogen-bond acceptors (Lipinski definition) is 2. The van der Waals surface area contributed by atoms with Gasteiger partial charge < -0.3 is 10.6 Å². The van der Waals surface area contributed by atoms with Gasteiger partial charge in [-0.3, -0.25) is 4.99 Å². The van der Waals surface area contributed by atoms with E-state index in [-0.39, 0.29) is 29.4 Å². The van der Waals surface area contributed by atoms with Crippen molar-refractivity contribution in [3.63, 3.8) is 0 Å². The van der Waals surface area contributed by atoms with Gasteiger partial charge in [0.15, 0.2) is 5.96 Å². The van der Waals surface area contributed by atoms with E-state index in [0.717, 1.165) is 29.6 Å². The normalized spacial score (nSPS) is 16.5. The average Bonchev–Trinajstić information content (AvgIpc) is 2.46. The van der Waals surface area contributed by atoms with Crippen molar-refractivity contribution < 1.29 is 0 Å². The molecule has 1 aliphatic heterocycles. The van der Waals surface area contributed by atoms with Crippen molar-refractivity contribution in [2.75, 3.05) is 31.1 Å². The summed E-state index contributed by atoms with van der Waals surface area (Å²) >= 11 is 7.91. The van der Waals surface area contributed by atoms with E-state index >= 15 is 0 Å². The Kier molecular flexibility index (Phi) is 7.64. The first kappa shape index (κ1) is 18.9. The van der Waals surface area contributed by atoms with Gasteiger partial charge in [-0.2, -0.15) is 11.8 Å². The molecule has 118 valence electrons. The van der Waals surface area contributed by atoms with Crippen molar-refractivity contribution in [2.24, 2.45) is 10.7 Å². The lowest BCUT2D eigenvalue weighted by atomic mass is 9.85. The van der Waals surface area contributed by atoms with Crippen LogP contribution in [0.2, 0.25) is 5.02 Å². The summed E-state index contributed by atoms with van der Waals surface area (Å²) in [6, 6.07) is 7.97. The lowest BCUT2D eigenvalue weighted by Crippen LogP contribution is -2.43. The van der Waals surface area contributed by atoms with Gasteiger partial charge >= 0.3 is 0 Å². The van der Waals surface area contributed by atoms with Gasteiger partial charge in [0, 0.05) is 35.0 Å². The smallest absolute Gasteiger partial charge is 0.191 e. The fourth-order valence-corrected chi connectivity index (χ4v) is 3.19. The molecule has 0 aromatic heterocycles. The third-order valence-electron chi connectivity index (χ3n) is 3.60. The minimum atomic E-state index is -0.0419. The van der Waals surface area contributed by atoms with Crippen LogP contribution < -0.4 is 5.73 Å². The molecule has 0 atom stereocenters. The van der Waals surface area contributed by atoms with Crippen LogP contribution in [-0.4, -0.2) is 42.0 Å². The molecule has 0 saturated carbocycles. The SMILES string of the molecule is CC(C)(CN=C(N)N1CCSCC1)c1ccc(Cl)cc1.I. The molecule has 0 amide bonds. The molecule has 21 heavy (non-hydrogen) atoms. The van der Waals surface area contributed by atoms with Crippen molar-refractivity contribution >= 4 is 53.3 Å². The molecular weight excluding hydrogens is 417 g/mol. The van der Waals surface area contributed by atoms with E-state index in [1.807, 2.05) is 23.9 Å². The molecule has 1 fully saturated rings. The summed E-state index contributed by atoms with van der Waals surface area (Å²) in [6.07, 6.45) is 0. The molecule has 0 unspecified atom stereocenters. The van der Waals surface area contributed by atoms with E-state index in [4.69, 9.17) is 17.3 Å². The van der Waals surface area contributed by atoms with Crippen LogP contribution in [-0.2, 0) is 5.41 Å². The number of rotatable bonds is 3. The Hall–Kier alpha value is -0.140. The van der Waals surface area contributed by atoms with E-state index in [9.17, 15) is 0 Å². The Bertz CT molecular complexity index is 470. The number of guanidine groups is 1. The molecule has 6 heteroatoms. The molecule has 1 saturated heterocycles. The Morgan fingerprint density at radius 3 is 2.43 bits per heavy atom. The standard InChI is InChI=1S/C15H22ClN3S.HI/c1-15(2,12-3-5-13(16)6-4-12)11-18-14(17)19-7-9-20-10-8-19;/h3-6H,7-11H2,1-2H3,(H2,17,18);1H. The fraction of sp³-hybridized carbons (Fsp3) is 0.533. The van der Waals surface area contributed by atoms with Gasteiger partial charge in [-0.05, 0) is 17.7 Å². The number of nitrogens with two attached hydrogens (primary N) is 1. The van der Waals surface area contributed by atoms with Crippen molar-refractivity contribution in [3.8, 4) is 0 Å². The van der Waals surface area contributed by atoms with E-state index in [1.54, 1.807) is 0 Å². The van der Waals surface area contributed by atoms with Crippen LogP contribution >= 0.6 is 47.3 Å². The maximum atomic E-state index is 6.10. The molecule has 1 heterocycles. The molecule has 3 nitrogen and oxygen atoms in total. The van der Waals surface area contributed by atoms with Crippen molar-refractivity contribution in [2.45, 2.75) is 19.3 Å². The van der Waals surface area contributed by atoms with E-state index in [0.29, 0.717) is 12.5 Å². The third-order valence-corrected chi connectivity index (χ3v) is 4.79. The second-order valence-electron chi connectivity index (χ2n) is 5.66. The first-order valence-electron chi connectivity index (χ1n) is 6.88. The minimum Gasteiger partial charge on any atom is -0.370 e. The molecule has 0 radical (unpaired) electrons. The first-order valence-corrected chi connectivity index (χ1v) is 8.41. The van der Waals surface area contributed by atoms with Gasteiger partial charge in [-0.1, -0.05) is 37.6 Å². The van der Waals surface area contributed by atoms with Crippen LogP contribution in [0.5, 0.6) is 0 Å². The summed E-state index contributed by atoms with van der Waals surface area (Å²) in [4.78, 5) is 6.77. The number of thioether (sulfide) groups is 1. The Morgan fingerprint density at radius 2 is 1.86 bits per heavy atom. The number of aliphatic imine (C=N–C) groups is 1. The lowest BCUT2D eigenvalue weighted by Gasteiger charge is -2.29. The largest absolute Gasteiger partial charge is 0.370 e. The maximum absolute atomic E-state index is 6.10. The topological polar surface area (TPSA) is 41.6 Å². The average molecular weight is 440 g/mol. The van der Waals surface area contributed by atoms with Gasteiger partial charge in [-0.15, -0.1) is 24.0 Å². The van der Waals surface area contributed by atoms with Crippen LogP contribution in [0.25, 0.3) is 0 Å². The van der Waals surface area contributed by atoms with Crippen molar-refractivity contribution in [1.82, 2.24) is 4.90 Å². The molecule has 2 N–H and O–H groups in total. The summed E-state index contributed by atoms with van der Waals surface area (Å²) in [6.45, 7) is 7.05. The highest BCUT2D eigenvalue weighted by atomic mass is 127. The zero-order valence-electron chi connectivity index (χ0n) is 12.5. The van der Waals surface area contributed by atoms with Gasteiger partial charge in [0.05, 0.1) is 6.54 Å². The lowest BCUT2D eigenvalue weighted by molar-refractivity contribution is 0.449. The summed E-state index contributed by atoms with van der Waals surface area (Å²) in [5.74, 6) is 2.94. The molecule has 1 aliphatic rings. The molecule has 1 aromatic rings. The van der Waals surface area contributed by atoms with Crippen LogP contribution in [0.15, 0.2) is 29.3 Å². The second-order valence-corrected chi connectivity index (χ2v) is 7.33. The van der Waals surface area contributed by atoms with E-state index in [2.05, 4.69) is 35.9 Å². The fourth-order valence-electron chi connectivity index (χ4n) is 2.16. The van der Waals surface area contributed by atoms with E-state index in [1.165, 1.54) is 5.56 Å². The van der Waals surface area contributed by atoms with Crippen molar-refractivity contribution in [3.05, 3.63) is 34.9 Å². The second kappa shape index (κ2) is 8.48. The molecule has 0 aliphatic carbocycles. The van der Waals surface area contributed by atoms with Crippen LogP contribution in [0, 0.1) is 0 Å². The Labute approximate surface area is 153 Å². The van der Waals surface area contributed by atoms with Crippen LogP contribution in [0.4, 0.5) is 0 Å².